The number of carbonyl (C=O) groups is 1. The molecule has 7 heteroatoms. The number of benzene rings is 2. The minimum absolute atomic E-state index is 0.0394. The van der Waals surface area contributed by atoms with Crippen molar-refractivity contribution in [3.63, 3.8) is 0 Å². The predicted molar refractivity (Wildman–Crippen MR) is 131 cm³/mol. The molecule has 0 spiro atoms. The third-order valence-corrected chi connectivity index (χ3v) is 6.44. The highest BCUT2D eigenvalue weighted by atomic mass is 19.1. The van der Waals surface area contributed by atoms with Crippen molar-refractivity contribution in [3.05, 3.63) is 83.4 Å². The Labute approximate surface area is 198 Å². The van der Waals surface area contributed by atoms with Crippen molar-refractivity contribution in [2.24, 2.45) is 0 Å². The number of piperazine rings is 1. The summed E-state index contributed by atoms with van der Waals surface area (Å²) in [6.45, 7) is 7.72. The molecule has 0 saturated carbocycles. The Morgan fingerprint density at radius 1 is 1.00 bits per heavy atom. The summed E-state index contributed by atoms with van der Waals surface area (Å²) in [5.41, 5.74) is 5.95. The molecular weight excluding hydrogens is 429 g/mol. The van der Waals surface area contributed by atoms with Gasteiger partial charge < -0.3 is 4.90 Å². The van der Waals surface area contributed by atoms with E-state index in [1.807, 2.05) is 30.0 Å². The Balaban J connectivity index is 1.28. The quantitative estimate of drug-likeness (QED) is 0.451. The largest absolute Gasteiger partial charge is 0.339 e. The Kier molecular flexibility index (Phi) is 6.11. The van der Waals surface area contributed by atoms with Crippen molar-refractivity contribution in [3.8, 4) is 11.1 Å². The topological polar surface area (TPSA) is 54.3 Å². The zero-order valence-corrected chi connectivity index (χ0v) is 19.5. The van der Waals surface area contributed by atoms with Gasteiger partial charge >= 0.3 is 0 Å². The van der Waals surface area contributed by atoms with Gasteiger partial charge in [0.25, 0.3) is 0 Å². The molecule has 1 aliphatic heterocycles. The highest BCUT2D eigenvalue weighted by molar-refractivity contribution is 5.95. The minimum atomic E-state index is -0.216. The number of carbonyl (C=O) groups excluding carboxylic acids is 1. The van der Waals surface area contributed by atoms with Crippen molar-refractivity contribution in [2.45, 2.75) is 26.9 Å². The van der Waals surface area contributed by atoms with Crippen LogP contribution in [0.25, 0.3) is 22.2 Å². The number of amides is 1. The number of hydrogen-bond acceptors (Lipinski definition) is 4. The van der Waals surface area contributed by atoms with Crippen LogP contribution in [-0.4, -0.2) is 56.7 Å². The second-order valence-electron chi connectivity index (χ2n) is 8.96. The van der Waals surface area contributed by atoms with E-state index in [-0.39, 0.29) is 18.3 Å². The number of aryl methyl sites for hydroxylation is 2. The molecule has 2 aromatic heterocycles. The van der Waals surface area contributed by atoms with Gasteiger partial charge in [-0.2, -0.15) is 5.10 Å². The van der Waals surface area contributed by atoms with Gasteiger partial charge in [0, 0.05) is 44.3 Å². The fourth-order valence-electron chi connectivity index (χ4n) is 4.72. The summed E-state index contributed by atoms with van der Waals surface area (Å²) in [4.78, 5) is 21.8. The summed E-state index contributed by atoms with van der Waals surface area (Å²) >= 11 is 0. The van der Waals surface area contributed by atoms with E-state index < -0.39 is 0 Å². The molecule has 1 fully saturated rings. The van der Waals surface area contributed by atoms with Crippen LogP contribution in [0.15, 0.2) is 60.8 Å². The fraction of sp³-hybridized carbons (Fsp3) is 0.296. The van der Waals surface area contributed by atoms with E-state index in [1.54, 1.807) is 23.0 Å². The van der Waals surface area contributed by atoms with Crippen molar-refractivity contribution in [1.29, 1.82) is 0 Å². The molecule has 1 amide bonds. The van der Waals surface area contributed by atoms with Gasteiger partial charge in [-0.15, -0.1) is 0 Å². The van der Waals surface area contributed by atoms with E-state index in [0.29, 0.717) is 19.6 Å². The first kappa shape index (κ1) is 22.2. The van der Waals surface area contributed by atoms with E-state index in [1.165, 1.54) is 11.6 Å². The van der Waals surface area contributed by atoms with Crippen molar-refractivity contribution >= 4 is 16.9 Å². The summed E-state index contributed by atoms with van der Waals surface area (Å²) in [7, 11) is 0. The predicted octanol–water partition coefficient (Wildman–Crippen LogP) is 4.20. The number of rotatable bonds is 5. The highest BCUT2D eigenvalue weighted by Crippen LogP contribution is 2.30. The van der Waals surface area contributed by atoms with E-state index >= 15 is 0 Å². The van der Waals surface area contributed by atoms with Gasteiger partial charge in [-0.25, -0.2) is 14.1 Å². The molecule has 0 unspecified atom stereocenters. The number of hydrogen-bond donors (Lipinski definition) is 0. The zero-order valence-electron chi connectivity index (χ0n) is 19.5. The molecular formula is C27H28FN5O. The average Bonchev–Trinajstić information content (AvgIpc) is 3.15. The molecule has 1 saturated heterocycles. The van der Waals surface area contributed by atoms with E-state index in [4.69, 9.17) is 0 Å². The number of pyridine rings is 1. The number of nitrogens with zero attached hydrogens (tertiary/aromatic N) is 5. The SMILES string of the molecule is Cc1cccc(-c2ccnc3c2c(C)nn3CC(=O)N2CCN(Cc3cccc(F)c3)CC2)c1. The standard InChI is InChI=1S/C27H28FN5O/c1-19-5-3-7-22(15-19)24-9-10-29-27-26(24)20(2)30-33(27)18-25(34)32-13-11-31(12-14-32)17-21-6-4-8-23(28)16-21/h3-10,15-16H,11-14,17-18H2,1-2H3. The second-order valence-corrected chi connectivity index (χ2v) is 8.96. The third kappa shape index (κ3) is 4.56. The lowest BCUT2D eigenvalue weighted by molar-refractivity contribution is -0.133. The summed E-state index contributed by atoms with van der Waals surface area (Å²) in [5.74, 6) is -0.176. The second kappa shape index (κ2) is 9.35. The first-order valence-electron chi connectivity index (χ1n) is 11.6. The number of halogens is 1. The van der Waals surface area contributed by atoms with Crippen LogP contribution in [0.3, 0.4) is 0 Å². The lowest BCUT2D eigenvalue weighted by Gasteiger charge is -2.34. The van der Waals surface area contributed by atoms with Crippen molar-refractivity contribution in [1.82, 2.24) is 24.6 Å². The van der Waals surface area contributed by atoms with Crippen LogP contribution >= 0.6 is 0 Å². The molecule has 0 atom stereocenters. The van der Waals surface area contributed by atoms with Crippen LogP contribution in [0, 0.1) is 19.7 Å². The lowest BCUT2D eigenvalue weighted by atomic mass is 10.0. The molecule has 4 aromatic rings. The minimum Gasteiger partial charge on any atom is -0.339 e. The third-order valence-electron chi connectivity index (χ3n) is 6.44. The Hall–Kier alpha value is -3.58. The maximum atomic E-state index is 13.5. The van der Waals surface area contributed by atoms with E-state index in [0.717, 1.165) is 46.5 Å². The molecule has 6 nitrogen and oxygen atoms in total. The normalized spacial score (nSPS) is 14.6. The summed E-state index contributed by atoms with van der Waals surface area (Å²) in [5, 5.41) is 5.66. The van der Waals surface area contributed by atoms with Gasteiger partial charge in [0.1, 0.15) is 12.4 Å². The highest BCUT2D eigenvalue weighted by Gasteiger charge is 2.23. The molecule has 0 radical (unpaired) electrons. The van der Waals surface area contributed by atoms with Crippen molar-refractivity contribution in [2.75, 3.05) is 26.2 Å². The average molecular weight is 458 g/mol. The number of aromatic nitrogens is 3. The molecule has 34 heavy (non-hydrogen) atoms. The Morgan fingerprint density at radius 2 is 1.79 bits per heavy atom. The molecule has 5 rings (SSSR count). The van der Waals surface area contributed by atoms with Crippen LogP contribution in [-0.2, 0) is 17.9 Å². The van der Waals surface area contributed by atoms with Crippen LogP contribution in [0.1, 0.15) is 16.8 Å². The molecule has 0 N–H and O–H groups in total. The first-order chi connectivity index (χ1) is 16.5. The Bertz CT molecular complexity index is 1340. The van der Waals surface area contributed by atoms with Gasteiger partial charge in [0.05, 0.1) is 5.69 Å². The first-order valence-corrected chi connectivity index (χ1v) is 11.6. The van der Waals surface area contributed by atoms with Gasteiger partial charge in [-0.3, -0.25) is 9.69 Å². The van der Waals surface area contributed by atoms with Gasteiger partial charge in [0.2, 0.25) is 5.91 Å². The molecule has 0 aliphatic carbocycles. The molecule has 2 aromatic carbocycles. The maximum absolute atomic E-state index is 13.5. The summed E-state index contributed by atoms with van der Waals surface area (Å²) in [6.07, 6.45) is 1.79. The maximum Gasteiger partial charge on any atom is 0.244 e. The summed E-state index contributed by atoms with van der Waals surface area (Å²) in [6, 6.07) is 17.1. The van der Waals surface area contributed by atoms with Crippen LogP contribution in [0.4, 0.5) is 4.39 Å². The van der Waals surface area contributed by atoms with Crippen LogP contribution in [0.2, 0.25) is 0 Å². The molecule has 174 valence electrons. The number of fused-ring (bicyclic) bond motifs is 1. The van der Waals surface area contributed by atoms with Crippen LogP contribution < -0.4 is 0 Å². The smallest absolute Gasteiger partial charge is 0.244 e. The zero-order chi connectivity index (χ0) is 23.7. The van der Waals surface area contributed by atoms with Gasteiger partial charge in [-0.1, -0.05) is 42.0 Å². The molecule has 3 heterocycles. The molecule has 1 aliphatic rings. The van der Waals surface area contributed by atoms with E-state index in [9.17, 15) is 9.18 Å². The van der Waals surface area contributed by atoms with Gasteiger partial charge in [-0.05, 0) is 48.7 Å². The van der Waals surface area contributed by atoms with Gasteiger partial charge in [0.15, 0.2) is 5.65 Å². The Morgan fingerprint density at radius 3 is 2.56 bits per heavy atom. The fourth-order valence-corrected chi connectivity index (χ4v) is 4.72. The lowest BCUT2D eigenvalue weighted by Crippen LogP contribution is -2.49. The monoisotopic (exact) mass is 457 g/mol. The molecule has 0 bridgehead atoms. The van der Waals surface area contributed by atoms with E-state index in [2.05, 4.69) is 40.1 Å². The van der Waals surface area contributed by atoms with Crippen LogP contribution in [0.5, 0.6) is 0 Å². The van der Waals surface area contributed by atoms with Crippen molar-refractivity contribution < 1.29 is 9.18 Å². The summed E-state index contributed by atoms with van der Waals surface area (Å²) < 4.78 is 15.2.